The predicted molar refractivity (Wildman–Crippen MR) is 69.6 cm³/mol. The molecule has 0 amide bonds. The third kappa shape index (κ3) is 5.13. The largest absolute Gasteiger partial charge is 0.372 e. The van der Waals surface area contributed by atoms with E-state index in [1.54, 1.807) is 0 Å². The number of rotatable bonds is 7. The smallest absolute Gasteiger partial charge is 0.0803 e. The Kier molecular flexibility index (Phi) is 5.27. The maximum absolute atomic E-state index is 5.70. The predicted octanol–water partition coefficient (Wildman–Crippen LogP) is 3.99. The number of ether oxygens (including phenoxy) is 1. The van der Waals surface area contributed by atoms with Crippen molar-refractivity contribution in [3.05, 3.63) is 48.6 Å². The Bertz CT molecular complexity index is 300. The SMILES string of the molecule is C=CC(C)(C)OCCCCc1ccccc1. The molecule has 0 fully saturated rings. The van der Waals surface area contributed by atoms with Crippen molar-refractivity contribution in [3.63, 3.8) is 0 Å². The van der Waals surface area contributed by atoms with E-state index in [1.165, 1.54) is 12.0 Å². The van der Waals surface area contributed by atoms with Crippen molar-refractivity contribution in [2.75, 3.05) is 6.61 Å². The van der Waals surface area contributed by atoms with E-state index in [2.05, 4.69) is 36.9 Å². The third-order valence-corrected chi connectivity index (χ3v) is 2.67. The molecule has 0 atom stereocenters. The van der Waals surface area contributed by atoms with E-state index in [-0.39, 0.29) is 5.60 Å². The maximum Gasteiger partial charge on any atom is 0.0803 e. The Labute approximate surface area is 99.1 Å². The molecule has 0 N–H and O–H groups in total. The summed E-state index contributed by atoms with van der Waals surface area (Å²) in [5.74, 6) is 0. The van der Waals surface area contributed by atoms with Crippen molar-refractivity contribution in [1.82, 2.24) is 0 Å². The van der Waals surface area contributed by atoms with E-state index in [9.17, 15) is 0 Å². The fraction of sp³-hybridized carbons (Fsp3) is 0.467. The van der Waals surface area contributed by atoms with Crippen LogP contribution in [0.4, 0.5) is 0 Å². The van der Waals surface area contributed by atoms with Crippen LogP contribution in [0.15, 0.2) is 43.0 Å². The van der Waals surface area contributed by atoms with Gasteiger partial charge >= 0.3 is 0 Å². The monoisotopic (exact) mass is 218 g/mol. The Balaban J connectivity index is 2.11. The molecule has 0 bridgehead atoms. The fourth-order valence-corrected chi connectivity index (χ4v) is 1.47. The second kappa shape index (κ2) is 6.49. The molecule has 1 rings (SSSR count). The summed E-state index contributed by atoms with van der Waals surface area (Å²) in [5, 5.41) is 0. The Hall–Kier alpha value is -1.08. The summed E-state index contributed by atoms with van der Waals surface area (Å²) in [7, 11) is 0. The molecule has 0 heterocycles. The van der Waals surface area contributed by atoms with Gasteiger partial charge in [-0.05, 0) is 38.7 Å². The van der Waals surface area contributed by atoms with E-state index in [0.29, 0.717) is 0 Å². The van der Waals surface area contributed by atoms with Gasteiger partial charge < -0.3 is 4.74 Å². The summed E-state index contributed by atoms with van der Waals surface area (Å²) in [6.07, 6.45) is 5.27. The Morgan fingerprint density at radius 3 is 2.50 bits per heavy atom. The first kappa shape index (κ1) is 13.0. The number of benzene rings is 1. The standard InChI is InChI=1S/C15H22O/c1-4-15(2,3)16-13-9-8-12-14-10-6-5-7-11-14/h4-7,10-11H,1,8-9,12-13H2,2-3H3. The Morgan fingerprint density at radius 1 is 1.19 bits per heavy atom. The minimum absolute atomic E-state index is 0.188. The minimum Gasteiger partial charge on any atom is -0.372 e. The van der Waals surface area contributed by atoms with Crippen LogP contribution in [-0.4, -0.2) is 12.2 Å². The summed E-state index contributed by atoms with van der Waals surface area (Å²) in [6, 6.07) is 10.6. The van der Waals surface area contributed by atoms with Crippen LogP contribution in [0, 0.1) is 0 Å². The van der Waals surface area contributed by atoms with Gasteiger partial charge in [0, 0.05) is 6.61 Å². The zero-order valence-electron chi connectivity index (χ0n) is 10.4. The van der Waals surface area contributed by atoms with Crippen molar-refractivity contribution >= 4 is 0 Å². The maximum atomic E-state index is 5.70. The van der Waals surface area contributed by atoms with Gasteiger partial charge in [0.2, 0.25) is 0 Å². The van der Waals surface area contributed by atoms with Gasteiger partial charge in [0.1, 0.15) is 0 Å². The van der Waals surface area contributed by atoms with Gasteiger partial charge in [0.05, 0.1) is 5.60 Å². The highest BCUT2D eigenvalue weighted by molar-refractivity contribution is 5.14. The van der Waals surface area contributed by atoms with Gasteiger partial charge in [-0.1, -0.05) is 36.4 Å². The summed E-state index contributed by atoms with van der Waals surface area (Å²) in [4.78, 5) is 0. The Morgan fingerprint density at radius 2 is 1.88 bits per heavy atom. The highest BCUT2D eigenvalue weighted by atomic mass is 16.5. The van der Waals surface area contributed by atoms with Gasteiger partial charge in [0.15, 0.2) is 0 Å². The summed E-state index contributed by atoms with van der Waals surface area (Å²) in [6.45, 7) is 8.64. The highest BCUT2D eigenvalue weighted by Gasteiger charge is 2.11. The van der Waals surface area contributed by atoms with E-state index in [0.717, 1.165) is 19.4 Å². The molecule has 16 heavy (non-hydrogen) atoms. The average Bonchev–Trinajstić information content (AvgIpc) is 2.30. The number of hydrogen-bond donors (Lipinski definition) is 0. The molecular formula is C15H22O. The minimum atomic E-state index is -0.188. The van der Waals surface area contributed by atoms with Crippen LogP contribution in [0.3, 0.4) is 0 Å². The lowest BCUT2D eigenvalue weighted by Gasteiger charge is -2.20. The van der Waals surface area contributed by atoms with Crippen LogP contribution in [0.5, 0.6) is 0 Å². The topological polar surface area (TPSA) is 9.23 Å². The number of aryl methyl sites for hydroxylation is 1. The molecule has 0 unspecified atom stereocenters. The van der Waals surface area contributed by atoms with E-state index in [4.69, 9.17) is 4.74 Å². The molecule has 0 aromatic heterocycles. The lowest BCUT2D eigenvalue weighted by molar-refractivity contribution is 0.0179. The van der Waals surface area contributed by atoms with Gasteiger partial charge in [0.25, 0.3) is 0 Å². The molecule has 1 aromatic carbocycles. The fourth-order valence-electron chi connectivity index (χ4n) is 1.47. The summed E-state index contributed by atoms with van der Waals surface area (Å²) < 4.78 is 5.70. The van der Waals surface area contributed by atoms with Crippen molar-refractivity contribution in [1.29, 1.82) is 0 Å². The zero-order chi connectivity index (χ0) is 11.9. The molecule has 88 valence electrons. The first-order valence-electron chi connectivity index (χ1n) is 5.95. The van der Waals surface area contributed by atoms with Crippen LogP contribution in [0.25, 0.3) is 0 Å². The van der Waals surface area contributed by atoms with Crippen molar-refractivity contribution in [2.45, 2.75) is 38.7 Å². The molecule has 1 nitrogen and oxygen atoms in total. The molecular weight excluding hydrogens is 196 g/mol. The summed E-state index contributed by atoms with van der Waals surface area (Å²) >= 11 is 0. The molecule has 0 aliphatic rings. The number of unbranched alkanes of at least 4 members (excludes halogenated alkanes) is 1. The van der Waals surface area contributed by atoms with E-state index < -0.39 is 0 Å². The van der Waals surface area contributed by atoms with Crippen LogP contribution in [0.1, 0.15) is 32.3 Å². The molecule has 0 spiro atoms. The van der Waals surface area contributed by atoms with E-state index in [1.807, 2.05) is 19.9 Å². The van der Waals surface area contributed by atoms with Crippen molar-refractivity contribution < 1.29 is 4.74 Å². The molecule has 0 saturated carbocycles. The second-order valence-electron chi connectivity index (χ2n) is 4.60. The van der Waals surface area contributed by atoms with Gasteiger partial charge in [-0.25, -0.2) is 0 Å². The third-order valence-electron chi connectivity index (χ3n) is 2.67. The second-order valence-corrected chi connectivity index (χ2v) is 4.60. The average molecular weight is 218 g/mol. The van der Waals surface area contributed by atoms with E-state index >= 15 is 0 Å². The highest BCUT2D eigenvalue weighted by Crippen LogP contribution is 2.11. The molecule has 1 heteroatoms. The summed E-state index contributed by atoms with van der Waals surface area (Å²) in [5.41, 5.74) is 1.22. The molecule has 0 radical (unpaired) electrons. The first-order chi connectivity index (χ1) is 7.64. The normalized spacial score (nSPS) is 11.4. The van der Waals surface area contributed by atoms with Crippen molar-refractivity contribution in [2.24, 2.45) is 0 Å². The quantitative estimate of drug-likeness (QED) is 0.496. The van der Waals surface area contributed by atoms with Crippen LogP contribution >= 0.6 is 0 Å². The lowest BCUT2D eigenvalue weighted by atomic mass is 10.1. The first-order valence-corrected chi connectivity index (χ1v) is 5.95. The van der Waals surface area contributed by atoms with Crippen LogP contribution in [0.2, 0.25) is 0 Å². The molecule has 1 aromatic rings. The van der Waals surface area contributed by atoms with Gasteiger partial charge in [-0.15, -0.1) is 6.58 Å². The molecule has 0 saturated heterocycles. The van der Waals surface area contributed by atoms with Crippen LogP contribution < -0.4 is 0 Å². The van der Waals surface area contributed by atoms with Gasteiger partial charge in [-0.2, -0.15) is 0 Å². The lowest BCUT2D eigenvalue weighted by Crippen LogP contribution is -2.21. The zero-order valence-corrected chi connectivity index (χ0v) is 10.4. The molecule has 0 aliphatic carbocycles. The number of hydrogen-bond acceptors (Lipinski definition) is 1. The van der Waals surface area contributed by atoms with Crippen LogP contribution in [-0.2, 0) is 11.2 Å². The van der Waals surface area contributed by atoms with Gasteiger partial charge in [-0.3, -0.25) is 0 Å². The van der Waals surface area contributed by atoms with Crippen molar-refractivity contribution in [3.8, 4) is 0 Å². The molecule has 0 aliphatic heterocycles.